The molecule has 1 aliphatic rings. The number of rotatable bonds is 2. The first kappa shape index (κ1) is 12.9. The normalized spacial score (nSPS) is 16.8. The third-order valence-electron chi connectivity index (χ3n) is 3.07. The molecule has 1 aliphatic heterocycles. The lowest BCUT2D eigenvalue weighted by Gasteiger charge is -2.14. The Morgan fingerprint density at radius 1 is 1.15 bits per heavy atom. The van der Waals surface area contributed by atoms with E-state index in [9.17, 15) is 13.6 Å². The predicted molar refractivity (Wildman–Crippen MR) is 72.8 cm³/mol. The van der Waals surface area contributed by atoms with E-state index in [1.165, 1.54) is 0 Å². The molecule has 1 heterocycles. The van der Waals surface area contributed by atoms with Crippen LogP contribution in [-0.4, -0.2) is 5.91 Å². The molecule has 2 aromatic rings. The summed E-state index contributed by atoms with van der Waals surface area (Å²) < 4.78 is 26.8. The quantitative estimate of drug-likeness (QED) is 0.886. The van der Waals surface area contributed by atoms with E-state index in [1.54, 1.807) is 18.2 Å². The van der Waals surface area contributed by atoms with Crippen LogP contribution >= 0.6 is 11.6 Å². The number of carbonyl (C=O) groups is 1. The largest absolute Gasteiger partial charge is 0.368 e. The summed E-state index contributed by atoms with van der Waals surface area (Å²) in [6.07, 6.45) is 0. The summed E-state index contributed by atoms with van der Waals surface area (Å²) in [5.41, 5.74) is 1.14. The number of nitrogens with one attached hydrogen (secondary N) is 2. The third-order valence-corrected chi connectivity index (χ3v) is 3.31. The van der Waals surface area contributed by atoms with Gasteiger partial charge < -0.3 is 10.6 Å². The molecule has 0 saturated carbocycles. The number of halogens is 3. The fourth-order valence-corrected chi connectivity index (χ4v) is 2.32. The fraction of sp³-hybridized carbons (Fsp3) is 0.0714. The molecule has 0 bridgehead atoms. The maximum absolute atomic E-state index is 13.6. The number of hydrogen-bond acceptors (Lipinski definition) is 2. The Bertz CT molecular complexity index is 706. The van der Waals surface area contributed by atoms with Crippen LogP contribution in [0.15, 0.2) is 36.4 Å². The van der Waals surface area contributed by atoms with E-state index >= 15 is 0 Å². The molecule has 2 aromatic carbocycles. The average Bonchev–Trinajstić information content (AvgIpc) is 2.70. The van der Waals surface area contributed by atoms with Gasteiger partial charge in [-0.1, -0.05) is 11.6 Å². The van der Waals surface area contributed by atoms with E-state index in [2.05, 4.69) is 10.6 Å². The molecular formula is C14H9ClF2N2O. The van der Waals surface area contributed by atoms with Gasteiger partial charge in [-0.25, -0.2) is 8.78 Å². The molecular weight excluding hydrogens is 286 g/mol. The van der Waals surface area contributed by atoms with Crippen LogP contribution in [0, 0.1) is 11.6 Å². The van der Waals surface area contributed by atoms with Crippen LogP contribution < -0.4 is 10.6 Å². The topological polar surface area (TPSA) is 41.1 Å². The van der Waals surface area contributed by atoms with Crippen LogP contribution in [0.3, 0.4) is 0 Å². The van der Waals surface area contributed by atoms with E-state index in [1.807, 2.05) is 0 Å². The number of hydrogen-bond donors (Lipinski definition) is 2. The lowest BCUT2D eigenvalue weighted by Crippen LogP contribution is -2.20. The van der Waals surface area contributed by atoms with Crippen molar-refractivity contribution < 1.29 is 13.6 Å². The molecule has 1 atom stereocenters. The Kier molecular flexibility index (Phi) is 3.06. The Labute approximate surface area is 118 Å². The predicted octanol–water partition coefficient (Wildman–Crippen LogP) is 3.72. The third kappa shape index (κ3) is 2.20. The highest BCUT2D eigenvalue weighted by Crippen LogP contribution is 2.35. The highest BCUT2D eigenvalue weighted by Gasteiger charge is 2.31. The smallest absolute Gasteiger partial charge is 0.251 e. The number of anilines is 2. The SMILES string of the molecule is O=C1Nc2ccc(Cl)cc2C1Nc1cc(F)ccc1F. The molecule has 1 amide bonds. The van der Waals surface area contributed by atoms with Crippen molar-refractivity contribution in [1.82, 2.24) is 0 Å². The highest BCUT2D eigenvalue weighted by molar-refractivity contribution is 6.31. The summed E-state index contributed by atoms with van der Waals surface area (Å²) in [5, 5.41) is 5.81. The Hall–Kier alpha value is -2.14. The van der Waals surface area contributed by atoms with Crippen LogP contribution in [0.1, 0.15) is 11.6 Å². The zero-order chi connectivity index (χ0) is 14.3. The van der Waals surface area contributed by atoms with Crippen LogP contribution in [0.2, 0.25) is 5.02 Å². The lowest BCUT2D eigenvalue weighted by molar-refractivity contribution is -0.116. The molecule has 6 heteroatoms. The van der Waals surface area contributed by atoms with E-state index in [-0.39, 0.29) is 11.6 Å². The highest BCUT2D eigenvalue weighted by atomic mass is 35.5. The molecule has 0 aromatic heterocycles. The van der Waals surface area contributed by atoms with E-state index in [4.69, 9.17) is 11.6 Å². The number of fused-ring (bicyclic) bond motifs is 1. The molecule has 0 fully saturated rings. The summed E-state index contributed by atoms with van der Waals surface area (Å²) in [7, 11) is 0. The van der Waals surface area contributed by atoms with Crippen molar-refractivity contribution in [2.45, 2.75) is 6.04 Å². The molecule has 20 heavy (non-hydrogen) atoms. The molecule has 3 nitrogen and oxygen atoms in total. The second kappa shape index (κ2) is 4.76. The lowest BCUT2D eigenvalue weighted by atomic mass is 10.1. The molecule has 2 N–H and O–H groups in total. The minimum absolute atomic E-state index is 0.0713. The average molecular weight is 295 g/mol. The molecule has 0 aliphatic carbocycles. The minimum atomic E-state index is -0.806. The maximum Gasteiger partial charge on any atom is 0.251 e. The van der Waals surface area contributed by atoms with Crippen LogP contribution in [0.25, 0.3) is 0 Å². The van der Waals surface area contributed by atoms with E-state index < -0.39 is 17.7 Å². The molecule has 3 rings (SSSR count). The Morgan fingerprint density at radius 3 is 2.75 bits per heavy atom. The second-order valence-electron chi connectivity index (χ2n) is 4.42. The zero-order valence-electron chi connectivity index (χ0n) is 10.1. The van der Waals surface area contributed by atoms with Gasteiger partial charge in [-0.2, -0.15) is 0 Å². The van der Waals surface area contributed by atoms with Crippen molar-refractivity contribution in [3.8, 4) is 0 Å². The van der Waals surface area contributed by atoms with Crippen molar-refractivity contribution in [3.63, 3.8) is 0 Å². The molecule has 0 spiro atoms. The van der Waals surface area contributed by atoms with Crippen molar-refractivity contribution in [2.24, 2.45) is 0 Å². The van der Waals surface area contributed by atoms with E-state index in [0.717, 1.165) is 18.2 Å². The number of benzene rings is 2. The first-order valence-corrected chi connectivity index (χ1v) is 6.24. The van der Waals surface area contributed by atoms with Gasteiger partial charge in [0.2, 0.25) is 0 Å². The summed E-state index contributed by atoms with van der Waals surface area (Å²) in [6, 6.07) is 7.14. The van der Waals surface area contributed by atoms with Crippen molar-refractivity contribution in [3.05, 3.63) is 58.6 Å². The van der Waals surface area contributed by atoms with Gasteiger partial charge in [0.15, 0.2) is 0 Å². The first-order valence-electron chi connectivity index (χ1n) is 5.86. The Balaban J connectivity index is 1.97. The van der Waals surface area contributed by atoms with Gasteiger partial charge in [0.1, 0.15) is 17.7 Å². The van der Waals surface area contributed by atoms with Crippen molar-refractivity contribution >= 4 is 28.9 Å². The van der Waals surface area contributed by atoms with Gasteiger partial charge in [0.05, 0.1) is 5.69 Å². The summed E-state index contributed by atoms with van der Waals surface area (Å²) in [6.45, 7) is 0. The number of amides is 1. The van der Waals surface area contributed by atoms with Crippen LogP contribution in [0.4, 0.5) is 20.2 Å². The van der Waals surface area contributed by atoms with Gasteiger partial charge in [0.25, 0.3) is 5.91 Å². The second-order valence-corrected chi connectivity index (χ2v) is 4.86. The summed E-state index contributed by atoms with van der Waals surface area (Å²) >= 11 is 5.89. The van der Waals surface area contributed by atoms with Crippen LogP contribution in [-0.2, 0) is 4.79 Å². The van der Waals surface area contributed by atoms with Crippen molar-refractivity contribution in [2.75, 3.05) is 10.6 Å². The molecule has 0 radical (unpaired) electrons. The molecule has 102 valence electrons. The van der Waals surface area contributed by atoms with Gasteiger partial charge in [-0.05, 0) is 36.4 Å². The van der Waals surface area contributed by atoms with Crippen molar-refractivity contribution in [1.29, 1.82) is 0 Å². The minimum Gasteiger partial charge on any atom is -0.368 e. The van der Waals surface area contributed by atoms with Gasteiger partial charge in [0, 0.05) is 16.3 Å². The van der Waals surface area contributed by atoms with Gasteiger partial charge >= 0.3 is 0 Å². The van der Waals surface area contributed by atoms with Gasteiger partial charge in [-0.3, -0.25) is 4.79 Å². The molecule has 0 saturated heterocycles. The molecule has 1 unspecified atom stereocenters. The van der Waals surface area contributed by atoms with Gasteiger partial charge in [-0.15, -0.1) is 0 Å². The summed E-state index contributed by atoms with van der Waals surface area (Å²) in [5.74, 6) is -1.56. The number of carbonyl (C=O) groups excluding carboxylic acids is 1. The standard InChI is InChI=1S/C14H9ClF2N2O/c15-7-1-4-11-9(5-7)13(14(20)19-11)18-12-6-8(16)2-3-10(12)17/h1-6,13,18H,(H,19,20). The maximum atomic E-state index is 13.6. The zero-order valence-corrected chi connectivity index (χ0v) is 10.8. The van der Waals surface area contributed by atoms with E-state index in [0.29, 0.717) is 16.3 Å². The monoisotopic (exact) mass is 294 g/mol. The van der Waals surface area contributed by atoms with Crippen LogP contribution in [0.5, 0.6) is 0 Å². The summed E-state index contributed by atoms with van der Waals surface area (Å²) in [4.78, 5) is 11.9. The first-order chi connectivity index (χ1) is 9.54. The Morgan fingerprint density at radius 2 is 1.95 bits per heavy atom. The fourth-order valence-electron chi connectivity index (χ4n) is 2.14.